The van der Waals surface area contributed by atoms with Gasteiger partial charge in [0.15, 0.2) is 0 Å². The second kappa shape index (κ2) is 7.20. The van der Waals surface area contributed by atoms with Crippen molar-refractivity contribution in [2.24, 2.45) is 11.8 Å². The fraction of sp³-hybridized carbons (Fsp3) is 0.889. The number of nitrogens with zero attached hydrogens (tertiary/aromatic N) is 2. The molecule has 130 valence electrons. The molecule has 5 heteroatoms. The fourth-order valence-corrected chi connectivity index (χ4v) is 4.48. The van der Waals surface area contributed by atoms with Crippen LogP contribution >= 0.6 is 0 Å². The van der Waals surface area contributed by atoms with E-state index in [1.807, 2.05) is 16.8 Å². The number of amides is 2. The number of carbonyl (C=O) groups is 2. The van der Waals surface area contributed by atoms with Gasteiger partial charge in [0.25, 0.3) is 0 Å². The minimum Gasteiger partial charge on any atom is -0.341 e. The summed E-state index contributed by atoms with van der Waals surface area (Å²) in [6.45, 7) is 4.59. The molecule has 2 saturated heterocycles. The number of hydrogen-bond donors (Lipinski definition) is 1. The van der Waals surface area contributed by atoms with E-state index in [9.17, 15) is 9.59 Å². The molecule has 0 aromatic rings. The average molecular weight is 321 g/mol. The van der Waals surface area contributed by atoms with Crippen LogP contribution in [0.3, 0.4) is 0 Å². The molecule has 2 amide bonds. The maximum Gasteiger partial charge on any atom is 0.228 e. The van der Waals surface area contributed by atoms with E-state index in [0.717, 1.165) is 44.7 Å². The molecule has 3 fully saturated rings. The minimum absolute atomic E-state index is 0.113. The summed E-state index contributed by atoms with van der Waals surface area (Å²) in [6.07, 6.45) is 7.26. The first-order chi connectivity index (χ1) is 11.1. The summed E-state index contributed by atoms with van der Waals surface area (Å²) in [5, 5.41) is 3.28. The molecule has 0 radical (unpaired) electrons. The summed E-state index contributed by atoms with van der Waals surface area (Å²) < 4.78 is 0. The molecule has 0 spiro atoms. The predicted molar refractivity (Wildman–Crippen MR) is 89.9 cm³/mol. The van der Waals surface area contributed by atoms with Crippen LogP contribution in [0.15, 0.2) is 0 Å². The highest BCUT2D eigenvalue weighted by Crippen LogP contribution is 2.32. The Balaban J connectivity index is 1.57. The van der Waals surface area contributed by atoms with Gasteiger partial charge in [-0.3, -0.25) is 9.59 Å². The summed E-state index contributed by atoms with van der Waals surface area (Å²) in [5.41, 5.74) is 0. The maximum absolute atomic E-state index is 12.8. The number of nitrogens with one attached hydrogen (secondary N) is 1. The highest BCUT2D eigenvalue weighted by molar-refractivity contribution is 5.89. The first-order valence-corrected chi connectivity index (χ1v) is 9.34. The van der Waals surface area contributed by atoms with E-state index < -0.39 is 0 Å². The topological polar surface area (TPSA) is 52.7 Å². The van der Waals surface area contributed by atoms with E-state index in [1.54, 1.807) is 0 Å². The molecule has 2 atom stereocenters. The Morgan fingerprint density at radius 1 is 1.13 bits per heavy atom. The molecule has 2 heterocycles. The van der Waals surface area contributed by atoms with E-state index in [1.165, 1.54) is 12.8 Å². The normalized spacial score (nSPS) is 35.7. The third-order valence-electron chi connectivity index (χ3n) is 6.08. The quantitative estimate of drug-likeness (QED) is 0.859. The first-order valence-electron chi connectivity index (χ1n) is 9.34. The largest absolute Gasteiger partial charge is 0.341 e. The number of carbonyl (C=O) groups excluding carboxylic acids is 2. The van der Waals surface area contributed by atoms with E-state index in [2.05, 4.69) is 12.2 Å². The zero-order chi connectivity index (χ0) is 16.4. The molecule has 1 aliphatic carbocycles. The molecule has 1 N–H and O–H groups in total. The Kier molecular flexibility index (Phi) is 5.24. The van der Waals surface area contributed by atoms with Crippen molar-refractivity contribution in [2.75, 3.05) is 26.7 Å². The molecule has 5 nitrogen and oxygen atoms in total. The highest BCUT2D eigenvalue weighted by Gasteiger charge is 2.40. The van der Waals surface area contributed by atoms with Crippen molar-refractivity contribution >= 4 is 11.8 Å². The van der Waals surface area contributed by atoms with Crippen LogP contribution in [0.25, 0.3) is 0 Å². The number of rotatable bonds is 3. The fourth-order valence-electron chi connectivity index (χ4n) is 4.48. The Morgan fingerprint density at radius 3 is 2.57 bits per heavy atom. The molecule has 3 aliphatic rings. The average Bonchev–Trinajstić information content (AvgIpc) is 2.97. The monoisotopic (exact) mass is 321 g/mol. The van der Waals surface area contributed by atoms with Crippen LogP contribution in [-0.4, -0.2) is 60.4 Å². The maximum atomic E-state index is 12.8. The van der Waals surface area contributed by atoms with E-state index in [4.69, 9.17) is 0 Å². The van der Waals surface area contributed by atoms with Crippen molar-refractivity contribution in [3.8, 4) is 0 Å². The number of likely N-dealkylation sites (tertiary alicyclic amines) is 2. The van der Waals surface area contributed by atoms with Gasteiger partial charge >= 0.3 is 0 Å². The van der Waals surface area contributed by atoms with E-state index in [0.29, 0.717) is 25.0 Å². The van der Waals surface area contributed by atoms with Gasteiger partial charge in [-0.25, -0.2) is 0 Å². The van der Waals surface area contributed by atoms with Crippen LogP contribution < -0.4 is 5.32 Å². The molecule has 0 bridgehead atoms. The smallest absolute Gasteiger partial charge is 0.228 e. The third kappa shape index (κ3) is 3.70. The third-order valence-corrected chi connectivity index (χ3v) is 6.08. The Hall–Kier alpha value is -1.10. The Labute approximate surface area is 139 Å². The lowest BCUT2D eigenvalue weighted by Gasteiger charge is -2.35. The highest BCUT2D eigenvalue weighted by atomic mass is 16.2. The van der Waals surface area contributed by atoms with Crippen LogP contribution in [0.5, 0.6) is 0 Å². The Bertz CT molecular complexity index is 446. The minimum atomic E-state index is -0.113. The molecule has 2 unspecified atom stereocenters. The van der Waals surface area contributed by atoms with Crippen molar-refractivity contribution < 1.29 is 9.59 Å². The summed E-state index contributed by atoms with van der Waals surface area (Å²) in [4.78, 5) is 29.2. The van der Waals surface area contributed by atoms with Crippen molar-refractivity contribution in [1.82, 2.24) is 15.1 Å². The van der Waals surface area contributed by atoms with E-state index in [-0.39, 0.29) is 17.7 Å². The number of likely N-dealkylation sites (N-methyl/N-ethyl adjacent to an activating group) is 1. The van der Waals surface area contributed by atoms with Crippen LogP contribution in [0.1, 0.15) is 51.9 Å². The zero-order valence-electron chi connectivity index (χ0n) is 14.6. The second-order valence-electron chi connectivity index (χ2n) is 7.77. The molecule has 23 heavy (non-hydrogen) atoms. The Morgan fingerprint density at radius 2 is 1.87 bits per heavy atom. The van der Waals surface area contributed by atoms with Gasteiger partial charge in [0.2, 0.25) is 11.8 Å². The first kappa shape index (κ1) is 16.7. The molecule has 1 saturated carbocycles. The van der Waals surface area contributed by atoms with Crippen LogP contribution in [0.4, 0.5) is 0 Å². The summed E-state index contributed by atoms with van der Waals surface area (Å²) in [6, 6.07) is 0.781. The van der Waals surface area contributed by atoms with Crippen LogP contribution in [-0.2, 0) is 9.59 Å². The summed E-state index contributed by atoms with van der Waals surface area (Å²) >= 11 is 0. The van der Waals surface area contributed by atoms with Crippen molar-refractivity contribution in [3.05, 3.63) is 0 Å². The van der Waals surface area contributed by atoms with Gasteiger partial charge < -0.3 is 15.1 Å². The van der Waals surface area contributed by atoms with Crippen molar-refractivity contribution in [3.63, 3.8) is 0 Å². The van der Waals surface area contributed by atoms with Gasteiger partial charge in [-0.15, -0.1) is 0 Å². The lowest BCUT2D eigenvalue weighted by atomic mass is 9.86. The number of hydrogen-bond acceptors (Lipinski definition) is 3. The van der Waals surface area contributed by atoms with Gasteiger partial charge in [0.05, 0.1) is 5.92 Å². The van der Waals surface area contributed by atoms with Gasteiger partial charge in [-0.1, -0.05) is 6.92 Å². The summed E-state index contributed by atoms with van der Waals surface area (Å²) in [7, 11) is 1.96. The molecule has 0 aromatic carbocycles. The lowest BCUT2D eigenvalue weighted by Crippen LogP contribution is -2.49. The van der Waals surface area contributed by atoms with Gasteiger partial charge in [-0.05, 0) is 51.5 Å². The standard InChI is InChI=1S/C18H31N3O2/c1-13-5-7-16(8-6-13)21-11-14(10-17(21)22)18(23)20-9-3-4-15(12-20)19-2/h13-16,19H,3-12H2,1-2H3. The SMILES string of the molecule is CNC1CCCN(C(=O)C2CC(=O)N(C3CCC(C)CC3)C2)C1. The second-order valence-corrected chi connectivity index (χ2v) is 7.77. The van der Waals surface area contributed by atoms with Crippen LogP contribution in [0.2, 0.25) is 0 Å². The molecule has 0 aromatic heterocycles. The van der Waals surface area contributed by atoms with Gasteiger partial charge in [0.1, 0.15) is 0 Å². The van der Waals surface area contributed by atoms with Crippen LogP contribution in [0, 0.1) is 11.8 Å². The van der Waals surface area contributed by atoms with Crippen molar-refractivity contribution in [2.45, 2.75) is 64.0 Å². The van der Waals surface area contributed by atoms with Crippen molar-refractivity contribution in [1.29, 1.82) is 0 Å². The molecule has 2 aliphatic heterocycles. The summed E-state index contributed by atoms with van der Waals surface area (Å²) in [5.74, 6) is 1.07. The molecule has 3 rings (SSSR count). The lowest BCUT2D eigenvalue weighted by molar-refractivity contribution is -0.137. The molecular formula is C18H31N3O2. The van der Waals surface area contributed by atoms with Gasteiger partial charge in [0, 0.05) is 38.1 Å². The zero-order valence-corrected chi connectivity index (χ0v) is 14.6. The molecular weight excluding hydrogens is 290 g/mol. The number of piperidine rings is 1. The van der Waals surface area contributed by atoms with Gasteiger partial charge in [-0.2, -0.15) is 0 Å². The predicted octanol–water partition coefficient (Wildman–Crippen LogP) is 1.62. The van der Waals surface area contributed by atoms with E-state index >= 15 is 0 Å².